The first-order valence-corrected chi connectivity index (χ1v) is 10.0. The van der Waals surface area contributed by atoms with Crippen LogP contribution in [0, 0.1) is 0 Å². The molecule has 0 aromatic rings. The number of hydrogen-bond acceptors (Lipinski definition) is 4. The number of amides is 1. The lowest BCUT2D eigenvalue weighted by Gasteiger charge is -2.31. The number of piperidine rings is 1. The van der Waals surface area contributed by atoms with E-state index >= 15 is 0 Å². The minimum absolute atomic E-state index is 0.214. The molecular weight excluding hydrogens is 312 g/mol. The smallest absolute Gasteiger partial charge is 0.409 e. The predicted molar refractivity (Wildman–Crippen MR) is 98.1 cm³/mol. The summed E-state index contributed by atoms with van der Waals surface area (Å²) in [6.45, 7) is 4.46. The highest BCUT2D eigenvalue weighted by molar-refractivity contribution is 7.98. The minimum atomic E-state index is -0.214. The van der Waals surface area contributed by atoms with Gasteiger partial charge in [0.05, 0.1) is 6.61 Å². The maximum atomic E-state index is 11.6. The first-order chi connectivity index (χ1) is 11.2. The third-order valence-electron chi connectivity index (χ3n) is 3.91. The van der Waals surface area contributed by atoms with Crippen LogP contribution < -0.4 is 11.1 Å². The molecule has 1 aliphatic heterocycles. The number of nitrogens with zero attached hydrogens (tertiary/aromatic N) is 2. The molecule has 134 valence electrons. The molecule has 3 N–H and O–H groups in total. The van der Waals surface area contributed by atoms with E-state index in [0.29, 0.717) is 31.7 Å². The van der Waals surface area contributed by atoms with Gasteiger partial charge in [-0.05, 0) is 44.6 Å². The molecule has 0 atom stereocenters. The van der Waals surface area contributed by atoms with Gasteiger partial charge in [-0.25, -0.2) is 4.79 Å². The number of guanidine groups is 1. The Bertz CT molecular complexity index is 358. The van der Waals surface area contributed by atoms with Gasteiger partial charge in [-0.1, -0.05) is 12.8 Å². The van der Waals surface area contributed by atoms with E-state index in [4.69, 9.17) is 10.5 Å². The summed E-state index contributed by atoms with van der Waals surface area (Å²) >= 11 is 1.90. The number of rotatable bonds is 9. The number of nitrogens with one attached hydrogen (secondary N) is 1. The Balaban J connectivity index is 2.12. The second-order valence-electron chi connectivity index (χ2n) is 5.78. The number of ether oxygens (including phenoxy) is 1. The Hall–Kier alpha value is -1.11. The van der Waals surface area contributed by atoms with Crippen molar-refractivity contribution in [3.05, 3.63) is 0 Å². The molecule has 1 amide bonds. The lowest BCUT2D eigenvalue weighted by molar-refractivity contribution is 0.0963. The SMILES string of the molecule is CCOC(=O)N1CCC(NC(N)=NCCCCCCSC)CC1. The van der Waals surface area contributed by atoms with Crippen LogP contribution in [-0.2, 0) is 4.74 Å². The lowest BCUT2D eigenvalue weighted by Crippen LogP contribution is -2.48. The van der Waals surface area contributed by atoms with Gasteiger partial charge in [0.2, 0.25) is 0 Å². The summed E-state index contributed by atoms with van der Waals surface area (Å²) < 4.78 is 5.02. The summed E-state index contributed by atoms with van der Waals surface area (Å²) in [6, 6.07) is 0.297. The van der Waals surface area contributed by atoms with Crippen LogP contribution in [0.3, 0.4) is 0 Å². The largest absolute Gasteiger partial charge is 0.450 e. The molecule has 1 fully saturated rings. The molecule has 23 heavy (non-hydrogen) atoms. The first-order valence-electron chi connectivity index (χ1n) is 8.64. The zero-order chi connectivity index (χ0) is 16.9. The van der Waals surface area contributed by atoms with Crippen molar-refractivity contribution in [3.63, 3.8) is 0 Å². The van der Waals surface area contributed by atoms with E-state index < -0.39 is 0 Å². The number of aliphatic imine (C=N–C) groups is 1. The van der Waals surface area contributed by atoms with Crippen LogP contribution in [0.2, 0.25) is 0 Å². The zero-order valence-electron chi connectivity index (χ0n) is 14.6. The van der Waals surface area contributed by atoms with E-state index in [9.17, 15) is 4.79 Å². The number of carbonyl (C=O) groups excluding carboxylic acids is 1. The molecule has 0 spiro atoms. The van der Waals surface area contributed by atoms with E-state index in [1.54, 1.807) is 4.90 Å². The molecular formula is C16H32N4O2S. The van der Waals surface area contributed by atoms with Crippen LogP contribution in [0.4, 0.5) is 4.79 Å². The van der Waals surface area contributed by atoms with Gasteiger partial charge >= 0.3 is 6.09 Å². The molecule has 7 heteroatoms. The van der Waals surface area contributed by atoms with Gasteiger partial charge in [0.15, 0.2) is 5.96 Å². The van der Waals surface area contributed by atoms with Gasteiger partial charge < -0.3 is 20.7 Å². The highest BCUT2D eigenvalue weighted by Gasteiger charge is 2.23. The molecule has 1 saturated heterocycles. The highest BCUT2D eigenvalue weighted by atomic mass is 32.2. The van der Waals surface area contributed by atoms with Crippen molar-refractivity contribution in [2.45, 2.75) is 51.5 Å². The van der Waals surface area contributed by atoms with Gasteiger partial charge in [0.1, 0.15) is 0 Å². The van der Waals surface area contributed by atoms with Crippen molar-refractivity contribution in [2.75, 3.05) is 38.2 Å². The number of thioether (sulfide) groups is 1. The lowest BCUT2D eigenvalue weighted by atomic mass is 10.1. The summed E-state index contributed by atoms with van der Waals surface area (Å²) in [6.07, 6.45) is 8.57. The number of carbonyl (C=O) groups is 1. The van der Waals surface area contributed by atoms with Crippen LogP contribution >= 0.6 is 11.8 Å². The number of likely N-dealkylation sites (tertiary alicyclic amines) is 1. The summed E-state index contributed by atoms with van der Waals surface area (Å²) in [5.41, 5.74) is 5.94. The second kappa shape index (κ2) is 12.3. The molecule has 0 aliphatic carbocycles. The summed E-state index contributed by atoms with van der Waals surface area (Å²) in [5, 5.41) is 3.27. The van der Waals surface area contributed by atoms with Crippen molar-refractivity contribution >= 4 is 23.8 Å². The third kappa shape index (κ3) is 8.93. The number of unbranched alkanes of at least 4 members (excludes halogenated alkanes) is 3. The minimum Gasteiger partial charge on any atom is -0.450 e. The summed E-state index contributed by atoms with van der Waals surface area (Å²) in [4.78, 5) is 17.8. The van der Waals surface area contributed by atoms with Crippen molar-refractivity contribution in [3.8, 4) is 0 Å². The standard InChI is InChI=1S/C16H32N4O2S/c1-3-22-16(21)20-11-8-14(9-12-20)19-15(17)18-10-6-4-5-7-13-23-2/h14H,3-13H2,1-2H3,(H3,17,18,19). The molecule has 1 heterocycles. The Morgan fingerprint density at radius 3 is 2.65 bits per heavy atom. The topological polar surface area (TPSA) is 80.0 Å². The third-order valence-corrected chi connectivity index (χ3v) is 4.61. The average Bonchev–Trinajstić information content (AvgIpc) is 2.55. The van der Waals surface area contributed by atoms with Gasteiger partial charge in [-0.15, -0.1) is 0 Å². The molecule has 0 aromatic heterocycles. The molecule has 0 bridgehead atoms. The van der Waals surface area contributed by atoms with E-state index in [2.05, 4.69) is 16.6 Å². The number of nitrogens with two attached hydrogens (primary N) is 1. The number of hydrogen-bond donors (Lipinski definition) is 2. The van der Waals surface area contributed by atoms with Crippen LogP contribution in [-0.4, -0.2) is 61.2 Å². The molecule has 0 saturated carbocycles. The van der Waals surface area contributed by atoms with Gasteiger partial charge in [0.25, 0.3) is 0 Å². The van der Waals surface area contributed by atoms with E-state index in [0.717, 1.165) is 25.8 Å². The second-order valence-corrected chi connectivity index (χ2v) is 6.76. The molecule has 0 unspecified atom stereocenters. The molecule has 6 nitrogen and oxygen atoms in total. The molecule has 0 aromatic carbocycles. The van der Waals surface area contributed by atoms with Crippen molar-refractivity contribution in [2.24, 2.45) is 10.7 Å². The average molecular weight is 345 g/mol. The fourth-order valence-electron chi connectivity index (χ4n) is 2.59. The Morgan fingerprint density at radius 1 is 1.30 bits per heavy atom. The van der Waals surface area contributed by atoms with Crippen molar-refractivity contribution < 1.29 is 9.53 Å². The Morgan fingerprint density at radius 2 is 2.00 bits per heavy atom. The molecule has 1 aliphatic rings. The van der Waals surface area contributed by atoms with Gasteiger partial charge in [0, 0.05) is 25.7 Å². The van der Waals surface area contributed by atoms with Gasteiger partial charge in [-0.3, -0.25) is 4.99 Å². The predicted octanol–water partition coefficient (Wildman–Crippen LogP) is 2.44. The van der Waals surface area contributed by atoms with Gasteiger partial charge in [-0.2, -0.15) is 11.8 Å². The molecule has 1 rings (SSSR count). The fraction of sp³-hybridized carbons (Fsp3) is 0.875. The normalized spacial score (nSPS) is 16.4. The van der Waals surface area contributed by atoms with Crippen LogP contribution in [0.15, 0.2) is 4.99 Å². The van der Waals surface area contributed by atoms with Crippen LogP contribution in [0.1, 0.15) is 45.4 Å². The fourth-order valence-corrected chi connectivity index (χ4v) is 3.08. The summed E-state index contributed by atoms with van der Waals surface area (Å²) in [7, 11) is 0. The molecule has 0 radical (unpaired) electrons. The Labute approximate surface area is 144 Å². The van der Waals surface area contributed by atoms with E-state index in [-0.39, 0.29) is 6.09 Å². The zero-order valence-corrected chi connectivity index (χ0v) is 15.4. The van der Waals surface area contributed by atoms with E-state index in [1.165, 1.54) is 25.0 Å². The van der Waals surface area contributed by atoms with Crippen LogP contribution in [0.5, 0.6) is 0 Å². The summed E-state index contributed by atoms with van der Waals surface area (Å²) in [5.74, 6) is 1.78. The Kier molecular flexibility index (Phi) is 10.7. The first kappa shape index (κ1) is 19.9. The maximum absolute atomic E-state index is 11.6. The monoisotopic (exact) mass is 344 g/mol. The van der Waals surface area contributed by atoms with Crippen molar-refractivity contribution in [1.29, 1.82) is 0 Å². The highest BCUT2D eigenvalue weighted by Crippen LogP contribution is 2.11. The van der Waals surface area contributed by atoms with Crippen LogP contribution in [0.25, 0.3) is 0 Å². The quantitative estimate of drug-likeness (QED) is 0.381. The van der Waals surface area contributed by atoms with E-state index in [1.807, 2.05) is 18.7 Å². The maximum Gasteiger partial charge on any atom is 0.409 e. The van der Waals surface area contributed by atoms with Crippen molar-refractivity contribution in [1.82, 2.24) is 10.2 Å².